The lowest BCUT2D eigenvalue weighted by atomic mass is 10.1. The SMILES string of the molecule is Cc1ccc(-n2nc(O[C@H](C)C(=O)Nc3ccc(F)c(F)c3)ccc2=O)cc1C. The molecule has 6 nitrogen and oxygen atoms in total. The number of hydrogen-bond acceptors (Lipinski definition) is 4. The summed E-state index contributed by atoms with van der Waals surface area (Å²) in [5.41, 5.74) is 2.40. The van der Waals surface area contributed by atoms with Crippen LogP contribution in [0.2, 0.25) is 0 Å². The van der Waals surface area contributed by atoms with Crippen LogP contribution in [0, 0.1) is 25.5 Å². The average molecular weight is 399 g/mol. The number of rotatable bonds is 5. The zero-order valence-corrected chi connectivity index (χ0v) is 16.1. The summed E-state index contributed by atoms with van der Waals surface area (Å²) >= 11 is 0. The molecule has 1 atom stereocenters. The van der Waals surface area contributed by atoms with Crippen molar-refractivity contribution in [3.8, 4) is 11.6 Å². The average Bonchev–Trinajstić information content (AvgIpc) is 2.68. The number of carbonyl (C=O) groups is 1. The van der Waals surface area contributed by atoms with E-state index in [1.165, 1.54) is 29.8 Å². The lowest BCUT2D eigenvalue weighted by molar-refractivity contribution is -0.122. The van der Waals surface area contributed by atoms with Gasteiger partial charge in [0.05, 0.1) is 5.69 Å². The molecule has 0 fully saturated rings. The van der Waals surface area contributed by atoms with E-state index in [9.17, 15) is 18.4 Å². The van der Waals surface area contributed by atoms with E-state index in [0.29, 0.717) is 5.69 Å². The first kappa shape index (κ1) is 20.2. The fourth-order valence-electron chi connectivity index (χ4n) is 2.55. The van der Waals surface area contributed by atoms with Crippen molar-refractivity contribution in [2.24, 2.45) is 0 Å². The summed E-state index contributed by atoms with van der Waals surface area (Å²) in [5, 5.41) is 6.60. The van der Waals surface area contributed by atoms with Crippen LogP contribution in [0.3, 0.4) is 0 Å². The van der Waals surface area contributed by atoms with Gasteiger partial charge in [-0.1, -0.05) is 6.07 Å². The highest BCUT2D eigenvalue weighted by Crippen LogP contribution is 2.16. The first-order valence-corrected chi connectivity index (χ1v) is 8.85. The van der Waals surface area contributed by atoms with Crippen molar-refractivity contribution in [3.63, 3.8) is 0 Å². The predicted octanol–water partition coefficient (Wildman–Crippen LogP) is 3.53. The van der Waals surface area contributed by atoms with Gasteiger partial charge in [-0.15, -0.1) is 5.10 Å². The maximum absolute atomic E-state index is 13.3. The normalized spacial score (nSPS) is 11.8. The first-order chi connectivity index (χ1) is 13.7. The number of ether oxygens (including phenoxy) is 1. The Kier molecular flexibility index (Phi) is 5.72. The third-order valence-corrected chi connectivity index (χ3v) is 4.36. The fraction of sp³-hybridized carbons (Fsp3) is 0.190. The van der Waals surface area contributed by atoms with E-state index in [-0.39, 0.29) is 17.1 Å². The third-order valence-electron chi connectivity index (χ3n) is 4.36. The van der Waals surface area contributed by atoms with Crippen molar-refractivity contribution in [1.82, 2.24) is 9.78 Å². The van der Waals surface area contributed by atoms with Gasteiger partial charge < -0.3 is 10.1 Å². The molecule has 0 aliphatic heterocycles. The van der Waals surface area contributed by atoms with Gasteiger partial charge in [0.1, 0.15) is 0 Å². The van der Waals surface area contributed by atoms with Crippen LogP contribution in [-0.2, 0) is 4.79 Å². The number of nitrogens with one attached hydrogen (secondary N) is 1. The summed E-state index contributed by atoms with van der Waals surface area (Å²) in [6.07, 6.45) is -0.999. The van der Waals surface area contributed by atoms with E-state index in [0.717, 1.165) is 23.3 Å². The number of benzene rings is 2. The quantitative estimate of drug-likeness (QED) is 0.712. The fourth-order valence-corrected chi connectivity index (χ4v) is 2.55. The topological polar surface area (TPSA) is 73.2 Å². The minimum Gasteiger partial charge on any atom is -0.463 e. The molecule has 0 spiro atoms. The van der Waals surface area contributed by atoms with Crippen molar-refractivity contribution < 1.29 is 18.3 Å². The van der Waals surface area contributed by atoms with Gasteiger partial charge >= 0.3 is 0 Å². The molecule has 0 saturated carbocycles. The van der Waals surface area contributed by atoms with Gasteiger partial charge in [-0.25, -0.2) is 8.78 Å². The maximum atomic E-state index is 13.3. The summed E-state index contributed by atoms with van der Waals surface area (Å²) in [6.45, 7) is 5.36. The predicted molar refractivity (Wildman–Crippen MR) is 104 cm³/mol. The zero-order chi connectivity index (χ0) is 21.1. The second-order valence-electron chi connectivity index (χ2n) is 6.57. The number of hydrogen-bond donors (Lipinski definition) is 1. The molecule has 150 valence electrons. The highest BCUT2D eigenvalue weighted by atomic mass is 19.2. The Morgan fingerprint density at radius 2 is 1.79 bits per heavy atom. The molecular weight excluding hydrogens is 380 g/mol. The van der Waals surface area contributed by atoms with E-state index < -0.39 is 23.6 Å². The summed E-state index contributed by atoms with van der Waals surface area (Å²) in [7, 11) is 0. The number of anilines is 1. The van der Waals surface area contributed by atoms with Gasteiger partial charge in [-0.3, -0.25) is 9.59 Å². The lowest BCUT2D eigenvalue weighted by Gasteiger charge is -2.15. The second-order valence-corrected chi connectivity index (χ2v) is 6.57. The van der Waals surface area contributed by atoms with E-state index in [1.54, 1.807) is 6.07 Å². The monoisotopic (exact) mass is 399 g/mol. The Bertz CT molecular complexity index is 1130. The van der Waals surface area contributed by atoms with Gasteiger partial charge in [0.25, 0.3) is 11.5 Å². The molecule has 0 bridgehead atoms. The Balaban J connectivity index is 1.77. The van der Waals surface area contributed by atoms with Crippen LogP contribution in [0.25, 0.3) is 5.69 Å². The summed E-state index contributed by atoms with van der Waals surface area (Å²) < 4.78 is 33.0. The van der Waals surface area contributed by atoms with Gasteiger partial charge in [0, 0.05) is 23.9 Å². The van der Waals surface area contributed by atoms with E-state index in [2.05, 4.69) is 10.4 Å². The third kappa shape index (κ3) is 4.66. The van der Waals surface area contributed by atoms with Crippen LogP contribution >= 0.6 is 0 Å². The number of aryl methyl sites for hydroxylation is 2. The first-order valence-electron chi connectivity index (χ1n) is 8.85. The van der Waals surface area contributed by atoms with Crippen molar-refractivity contribution in [3.05, 3.63) is 81.6 Å². The highest BCUT2D eigenvalue weighted by Gasteiger charge is 2.17. The largest absolute Gasteiger partial charge is 0.463 e. The van der Waals surface area contributed by atoms with Crippen LogP contribution in [0.4, 0.5) is 14.5 Å². The summed E-state index contributed by atoms with van der Waals surface area (Å²) in [6, 6.07) is 11.1. The maximum Gasteiger partial charge on any atom is 0.271 e. The lowest BCUT2D eigenvalue weighted by Crippen LogP contribution is -2.31. The Hall–Kier alpha value is -3.55. The van der Waals surface area contributed by atoms with Crippen molar-refractivity contribution in [2.45, 2.75) is 26.9 Å². The van der Waals surface area contributed by atoms with E-state index >= 15 is 0 Å². The second kappa shape index (κ2) is 8.22. The molecule has 3 aromatic rings. The number of halogens is 2. The molecule has 0 saturated heterocycles. The summed E-state index contributed by atoms with van der Waals surface area (Å²) in [5.74, 6) is -2.60. The molecule has 1 aromatic heterocycles. The Morgan fingerprint density at radius 1 is 1.03 bits per heavy atom. The molecule has 3 rings (SSSR count). The van der Waals surface area contributed by atoms with Gasteiger partial charge in [-0.2, -0.15) is 4.68 Å². The molecule has 2 aromatic carbocycles. The van der Waals surface area contributed by atoms with Gasteiger partial charge in [0.2, 0.25) is 5.88 Å². The number of carbonyl (C=O) groups excluding carboxylic acids is 1. The van der Waals surface area contributed by atoms with Crippen LogP contribution in [-0.4, -0.2) is 21.8 Å². The number of nitrogens with zero attached hydrogens (tertiary/aromatic N) is 2. The van der Waals surface area contributed by atoms with Crippen LogP contribution in [0.15, 0.2) is 53.3 Å². The minimum atomic E-state index is -1.07. The number of amides is 1. The van der Waals surface area contributed by atoms with Gasteiger partial charge in [-0.05, 0) is 56.2 Å². The molecule has 1 N–H and O–H groups in total. The van der Waals surface area contributed by atoms with Crippen molar-refractivity contribution in [1.29, 1.82) is 0 Å². The Morgan fingerprint density at radius 3 is 2.48 bits per heavy atom. The zero-order valence-electron chi connectivity index (χ0n) is 16.1. The molecule has 0 unspecified atom stereocenters. The van der Waals surface area contributed by atoms with Crippen molar-refractivity contribution in [2.75, 3.05) is 5.32 Å². The highest BCUT2D eigenvalue weighted by molar-refractivity contribution is 5.94. The minimum absolute atomic E-state index is 0.0655. The number of aromatic nitrogens is 2. The molecule has 0 aliphatic rings. The van der Waals surface area contributed by atoms with E-state index in [4.69, 9.17) is 4.74 Å². The Labute approximate surface area is 165 Å². The molecule has 1 amide bonds. The van der Waals surface area contributed by atoms with Gasteiger partial charge in [0.15, 0.2) is 17.7 Å². The van der Waals surface area contributed by atoms with Crippen molar-refractivity contribution >= 4 is 11.6 Å². The summed E-state index contributed by atoms with van der Waals surface area (Å²) in [4.78, 5) is 24.5. The smallest absolute Gasteiger partial charge is 0.271 e. The van der Waals surface area contributed by atoms with Crippen LogP contribution < -0.4 is 15.6 Å². The molecule has 29 heavy (non-hydrogen) atoms. The molecule has 8 heteroatoms. The molecule has 1 heterocycles. The molecule has 0 aliphatic carbocycles. The van der Waals surface area contributed by atoms with Crippen LogP contribution in [0.5, 0.6) is 5.88 Å². The van der Waals surface area contributed by atoms with Crippen LogP contribution in [0.1, 0.15) is 18.1 Å². The standard InChI is InChI=1S/C21H19F2N3O3/c1-12-4-6-16(10-13(12)2)26-20(27)9-8-19(25-26)29-14(3)21(28)24-15-5-7-17(22)18(23)11-15/h4-11,14H,1-3H3,(H,24,28)/t14-/m1/s1. The molecule has 0 radical (unpaired) electrons. The molecular formula is C21H19F2N3O3. The van der Waals surface area contributed by atoms with E-state index in [1.807, 2.05) is 26.0 Å².